The number of hydrogen-bond donors (Lipinski definition) is 2. The monoisotopic (exact) mass is 493 g/mol. The van der Waals surface area contributed by atoms with Crippen LogP contribution < -0.4 is 20.3 Å². The summed E-state index contributed by atoms with van der Waals surface area (Å²) < 4.78 is 13.0. The molecule has 0 aromatic carbocycles. The smallest absolute Gasteiger partial charge is 0.415 e. The van der Waals surface area contributed by atoms with Crippen LogP contribution in [-0.4, -0.2) is 56.4 Å². The zero-order chi connectivity index (χ0) is 25.4. The van der Waals surface area contributed by atoms with Gasteiger partial charge in [-0.1, -0.05) is 0 Å². The highest BCUT2D eigenvalue weighted by atomic mass is 16.6. The van der Waals surface area contributed by atoms with Crippen molar-refractivity contribution >= 4 is 35.0 Å². The molecule has 36 heavy (non-hydrogen) atoms. The van der Waals surface area contributed by atoms with Gasteiger partial charge >= 0.3 is 6.09 Å². The summed E-state index contributed by atoms with van der Waals surface area (Å²) >= 11 is 0. The first-order chi connectivity index (χ1) is 17.2. The first kappa shape index (κ1) is 23.8. The maximum atomic E-state index is 13.0. The van der Waals surface area contributed by atoms with E-state index in [2.05, 4.69) is 25.7 Å². The minimum Gasteiger partial charge on any atom is -0.473 e. The van der Waals surface area contributed by atoms with E-state index >= 15 is 0 Å². The van der Waals surface area contributed by atoms with Crippen molar-refractivity contribution in [1.29, 1.82) is 0 Å². The fraction of sp³-hybridized carbons (Fsp3) is 0.480. The van der Waals surface area contributed by atoms with Crippen molar-refractivity contribution in [3.63, 3.8) is 0 Å². The van der Waals surface area contributed by atoms with Crippen LogP contribution >= 0.6 is 0 Å². The van der Waals surface area contributed by atoms with Gasteiger partial charge in [-0.2, -0.15) is 9.61 Å². The summed E-state index contributed by atoms with van der Waals surface area (Å²) in [4.78, 5) is 36.3. The molecule has 0 radical (unpaired) electrons. The molecule has 2 aliphatic rings. The number of aromatic nitrogens is 4. The number of hydrogen-bond acceptors (Lipinski definition) is 8. The number of anilines is 3. The molecule has 5 rings (SSSR count). The van der Waals surface area contributed by atoms with E-state index in [9.17, 15) is 9.59 Å². The Kier molecular flexibility index (Phi) is 6.15. The lowest BCUT2D eigenvalue weighted by atomic mass is 9.93. The number of carbonyl (C=O) groups is 2. The van der Waals surface area contributed by atoms with Gasteiger partial charge in [-0.15, -0.1) is 0 Å². The number of pyridine rings is 1. The molecule has 2 aliphatic carbocycles. The fourth-order valence-corrected chi connectivity index (χ4v) is 3.71. The molecule has 11 heteroatoms. The third-order valence-corrected chi connectivity index (χ3v) is 5.99. The number of ether oxygens (including phenoxy) is 2. The Hall–Kier alpha value is -3.89. The molecule has 2 saturated carbocycles. The summed E-state index contributed by atoms with van der Waals surface area (Å²) in [6.45, 7) is 5.40. The second kappa shape index (κ2) is 9.29. The standard InChI is InChI=1S/C25H31N7O4/c1-25(2,3)36-24(34)31(4)20-13-19(29-18-9-6-12-26-23(18)35-16-10-11-16)30-21-17(14-27-32(20)21)22(33)28-15-7-5-8-15/h6,9,12-16H,5,7-8,10-11H2,1-4H3,(H,28,33)(H,29,30). The molecule has 0 spiro atoms. The van der Waals surface area contributed by atoms with E-state index in [1.807, 2.05) is 6.07 Å². The van der Waals surface area contributed by atoms with Crippen LogP contribution in [0.4, 0.5) is 22.1 Å². The molecule has 2 N–H and O–H groups in total. The van der Waals surface area contributed by atoms with E-state index in [0.717, 1.165) is 32.1 Å². The molecule has 0 atom stereocenters. The number of carbonyl (C=O) groups excluding carboxylic acids is 2. The molecule has 11 nitrogen and oxygen atoms in total. The van der Waals surface area contributed by atoms with E-state index in [1.54, 1.807) is 46.1 Å². The SMILES string of the molecule is CN(C(=O)OC(C)(C)C)c1cc(Nc2cccnc2OC2CC2)nc2c(C(=O)NC3CCC3)cnn12. The predicted octanol–water partition coefficient (Wildman–Crippen LogP) is 4.06. The van der Waals surface area contributed by atoms with E-state index in [1.165, 1.54) is 15.6 Å². The van der Waals surface area contributed by atoms with Gasteiger partial charge in [0.05, 0.1) is 6.20 Å². The Morgan fingerprint density at radius 1 is 1.19 bits per heavy atom. The Labute approximate surface area is 209 Å². The molecule has 0 bridgehead atoms. The maximum absolute atomic E-state index is 13.0. The lowest BCUT2D eigenvalue weighted by Crippen LogP contribution is -2.39. The second-order valence-electron chi connectivity index (χ2n) is 10.2. The third kappa shape index (κ3) is 5.19. The molecule has 190 valence electrons. The molecular weight excluding hydrogens is 462 g/mol. The zero-order valence-electron chi connectivity index (χ0n) is 20.9. The number of nitrogens with zero attached hydrogens (tertiary/aromatic N) is 5. The third-order valence-electron chi connectivity index (χ3n) is 5.99. The van der Waals surface area contributed by atoms with Gasteiger partial charge in [0.15, 0.2) is 5.65 Å². The molecule has 0 saturated heterocycles. The topological polar surface area (TPSA) is 123 Å². The average Bonchev–Trinajstić information content (AvgIpc) is 3.51. The summed E-state index contributed by atoms with van der Waals surface area (Å²) in [6.07, 6.45) is 7.77. The largest absolute Gasteiger partial charge is 0.473 e. The van der Waals surface area contributed by atoms with Crippen LogP contribution in [0.5, 0.6) is 5.88 Å². The van der Waals surface area contributed by atoms with Gasteiger partial charge in [-0.25, -0.2) is 14.8 Å². The highest BCUT2D eigenvalue weighted by molar-refractivity contribution is 6.00. The van der Waals surface area contributed by atoms with Gasteiger partial charge in [0, 0.05) is 25.4 Å². The summed E-state index contributed by atoms with van der Waals surface area (Å²) in [5.74, 6) is 1.01. The summed E-state index contributed by atoms with van der Waals surface area (Å²) in [5, 5.41) is 10.7. The fourth-order valence-electron chi connectivity index (χ4n) is 3.71. The van der Waals surface area contributed by atoms with Gasteiger partial charge in [0.1, 0.15) is 34.6 Å². The van der Waals surface area contributed by atoms with E-state index < -0.39 is 11.7 Å². The maximum Gasteiger partial charge on any atom is 0.415 e. The number of fused-ring (bicyclic) bond motifs is 1. The van der Waals surface area contributed by atoms with Crippen molar-refractivity contribution < 1.29 is 19.1 Å². The van der Waals surface area contributed by atoms with Gasteiger partial charge in [0.25, 0.3) is 5.91 Å². The van der Waals surface area contributed by atoms with Crippen molar-refractivity contribution in [2.45, 2.75) is 70.6 Å². The normalized spacial score (nSPS) is 15.8. The first-order valence-electron chi connectivity index (χ1n) is 12.2. The molecular formula is C25H31N7O4. The molecule has 2 fully saturated rings. The van der Waals surface area contributed by atoms with Crippen molar-refractivity contribution in [3.05, 3.63) is 36.2 Å². The molecule has 0 aliphatic heterocycles. The van der Waals surface area contributed by atoms with Crippen LogP contribution in [0.1, 0.15) is 63.2 Å². The van der Waals surface area contributed by atoms with E-state index in [0.29, 0.717) is 34.4 Å². The zero-order valence-corrected chi connectivity index (χ0v) is 20.9. The Morgan fingerprint density at radius 2 is 1.97 bits per heavy atom. The van der Waals surface area contributed by atoms with Crippen molar-refractivity contribution in [2.75, 3.05) is 17.3 Å². The highest BCUT2D eigenvalue weighted by Gasteiger charge is 2.28. The number of nitrogens with one attached hydrogen (secondary N) is 2. The van der Waals surface area contributed by atoms with Crippen molar-refractivity contribution in [1.82, 2.24) is 24.9 Å². The van der Waals surface area contributed by atoms with Gasteiger partial charge in [-0.05, 0) is 65.0 Å². The van der Waals surface area contributed by atoms with Crippen molar-refractivity contribution in [2.24, 2.45) is 0 Å². The average molecular weight is 494 g/mol. The van der Waals surface area contributed by atoms with Crippen LogP contribution in [0.2, 0.25) is 0 Å². The molecule has 3 aromatic rings. The summed E-state index contributed by atoms with van der Waals surface area (Å²) in [5.41, 5.74) is 0.592. The minimum absolute atomic E-state index is 0.162. The minimum atomic E-state index is -0.679. The molecule has 2 amide bonds. The summed E-state index contributed by atoms with van der Waals surface area (Å²) in [6, 6.07) is 5.47. The predicted molar refractivity (Wildman–Crippen MR) is 134 cm³/mol. The Morgan fingerprint density at radius 3 is 2.64 bits per heavy atom. The van der Waals surface area contributed by atoms with Crippen LogP contribution in [0.3, 0.4) is 0 Å². The van der Waals surface area contributed by atoms with Gasteiger partial charge in [0.2, 0.25) is 5.88 Å². The Bertz CT molecular complexity index is 1290. The van der Waals surface area contributed by atoms with Crippen molar-refractivity contribution in [3.8, 4) is 5.88 Å². The molecule has 0 unspecified atom stereocenters. The highest BCUT2D eigenvalue weighted by Crippen LogP contribution is 2.32. The van der Waals surface area contributed by atoms with Crippen LogP contribution in [-0.2, 0) is 4.74 Å². The van der Waals surface area contributed by atoms with Crippen LogP contribution in [0.25, 0.3) is 5.65 Å². The quantitative estimate of drug-likeness (QED) is 0.505. The van der Waals surface area contributed by atoms with Gasteiger partial charge in [-0.3, -0.25) is 9.69 Å². The van der Waals surface area contributed by atoms with Crippen LogP contribution in [0.15, 0.2) is 30.6 Å². The molecule has 3 heterocycles. The van der Waals surface area contributed by atoms with Gasteiger partial charge < -0.3 is 20.1 Å². The Balaban J connectivity index is 1.53. The van der Waals surface area contributed by atoms with E-state index in [4.69, 9.17) is 9.47 Å². The van der Waals surface area contributed by atoms with E-state index in [-0.39, 0.29) is 18.1 Å². The first-order valence-corrected chi connectivity index (χ1v) is 12.2. The lowest BCUT2D eigenvalue weighted by Gasteiger charge is -2.26. The second-order valence-corrected chi connectivity index (χ2v) is 10.2. The van der Waals surface area contributed by atoms with Crippen LogP contribution in [0, 0.1) is 0 Å². The molecule has 3 aromatic heterocycles. The summed E-state index contributed by atoms with van der Waals surface area (Å²) in [7, 11) is 1.59. The lowest BCUT2D eigenvalue weighted by molar-refractivity contribution is 0.0587. The number of rotatable bonds is 7. The number of amides is 2.